The average molecular weight is 290 g/mol. The SMILES string of the molecule is O=C(NC1C2CCC(C2)C1C(=O)O)c1n[nH]c(C2CC2)n1. The van der Waals surface area contributed by atoms with Crippen LogP contribution in [-0.2, 0) is 4.79 Å². The molecule has 4 rings (SSSR count). The number of H-pyrrole nitrogens is 1. The summed E-state index contributed by atoms with van der Waals surface area (Å²) in [6.07, 6.45) is 5.04. The fourth-order valence-electron chi connectivity index (χ4n) is 3.99. The molecule has 3 aliphatic carbocycles. The molecule has 112 valence electrons. The molecule has 3 aliphatic rings. The van der Waals surface area contributed by atoms with Gasteiger partial charge in [0, 0.05) is 12.0 Å². The molecular formula is C14H18N4O3. The van der Waals surface area contributed by atoms with E-state index >= 15 is 0 Å². The third kappa shape index (κ3) is 2.11. The number of aromatic nitrogens is 3. The largest absolute Gasteiger partial charge is 0.481 e. The van der Waals surface area contributed by atoms with E-state index in [1.807, 2.05) is 0 Å². The van der Waals surface area contributed by atoms with E-state index in [0.717, 1.165) is 37.9 Å². The number of carboxylic acid groups (broad SMARTS) is 1. The van der Waals surface area contributed by atoms with Crippen molar-refractivity contribution in [1.82, 2.24) is 20.5 Å². The van der Waals surface area contributed by atoms with Gasteiger partial charge in [-0.05, 0) is 43.9 Å². The van der Waals surface area contributed by atoms with Crippen molar-refractivity contribution in [3.05, 3.63) is 11.6 Å². The topological polar surface area (TPSA) is 108 Å². The normalized spacial score (nSPS) is 34.1. The molecule has 21 heavy (non-hydrogen) atoms. The lowest BCUT2D eigenvalue weighted by Gasteiger charge is -2.28. The van der Waals surface area contributed by atoms with E-state index in [4.69, 9.17) is 0 Å². The number of aromatic amines is 1. The van der Waals surface area contributed by atoms with Crippen molar-refractivity contribution in [2.45, 2.75) is 44.1 Å². The lowest BCUT2D eigenvalue weighted by Crippen LogP contribution is -2.47. The Kier molecular flexibility index (Phi) is 2.77. The van der Waals surface area contributed by atoms with Crippen LogP contribution in [0.5, 0.6) is 0 Å². The fraction of sp³-hybridized carbons (Fsp3) is 0.714. The predicted octanol–water partition coefficient (Wildman–Crippen LogP) is 0.911. The Morgan fingerprint density at radius 3 is 2.67 bits per heavy atom. The maximum atomic E-state index is 12.3. The van der Waals surface area contributed by atoms with Crippen LogP contribution in [-0.4, -0.2) is 38.2 Å². The van der Waals surface area contributed by atoms with Gasteiger partial charge in [-0.2, -0.15) is 0 Å². The number of carbonyl (C=O) groups is 2. The molecule has 0 radical (unpaired) electrons. The van der Waals surface area contributed by atoms with Crippen molar-refractivity contribution >= 4 is 11.9 Å². The van der Waals surface area contributed by atoms with Gasteiger partial charge in [-0.1, -0.05) is 0 Å². The van der Waals surface area contributed by atoms with Crippen LogP contribution in [0.4, 0.5) is 0 Å². The zero-order chi connectivity index (χ0) is 14.6. The van der Waals surface area contributed by atoms with Gasteiger partial charge >= 0.3 is 5.97 Å². The van der Waals surface area contributed by atoms with Crippen molar-refractivity contribution in [1.29, 1.82) is 0 Å². The minimum absolute atomic E-state index is 0.129. The van der Waals surface area contributed by atoms with E-state index < -0.39 is 11.9 Å². The molecule has 4 atom stereocenters. The summed E-state index contributed by atoms with van der Waals surface area (Å²) in [5.41, 5.74) is 0. The predicted molar refractivity (Wildman–Crippen MR) is 71.6 cm³/mol. The quantitative estimate of drug-likeness (QED) is 0.764. The molecule has 0 aromatic carbocycles. The summed E-state index contributed by atoms with van der Waals surface area (Å²) in [6, 6.07) is -0.281. The highest BCUT2D eigenvalue weighted by molar-refractivity contribution is 5.91. The number of hydrogen-bond donors (Lipinski definition) is 3. The first-order valence-electron chi connectivity index (χ1n) is 7.59. The Balaban J connectivity index is 1.48. The summed E-state index contributed by atoms with van der Waals surface area (Å²) >= 11 is 0. The molecule has 3 saturated carbocycles. The first-order valence-corrected chi connectivity index (χ1v) is 7.59. The first kappa shape index (κ1) is 12.8. The van der Waals surface area contributed by atoms with Gasteiger partial charge < -0.3 is 10.4 Å². The van der Waals surface area contributed by atoms with Gasteiger partial charge in [0.1, 0.15) is 5.82 Å². The molecular weight excluding hydrogens is 272 g/mol. The minimum atomic E-state index is -0.804. The Hall–Kier alpha value is -1.92. The second kappa shape index (κ2) is 4.54. The first-order chi connectivity index (χ1) is 10.1. The highest BCUT2D eigenvalue weighted by atomic mass is 16.4. The number of hydrogen-bond acceptors (Lipinski definition) is 4. The summed E-state index contributed by atoms with van der Waals surface area (Å²) < 4.78 is 0. The van der Waals surface area contributed by atoms with Gasteiger partial charge in [0.15, 0.2) is 0 Å². The van der Waals surface area contributed by atoms with Gasteiger partial charge in [0.05, 0.1) is 5.92 Å². The number of fused-ring (bicyclic) bond motifs is 2. The summed E-state index contributed by atoms with van der Waals surface area (Å²) in [5.74, 6) is 0.159. The van der Waals surface area contributed by atoms with E-state index in [2.05, 4.69) is 20.5 Å². The van der Waals surface area contributed by atoms with E-state index in [9.17, 15) is 14.7 Å². The number of carboxylic acids is 1. The number of rotatable bonds is 4. The molecule has 0 spiro atoms. The molecule has 7 nitrogen and oxygen atoms in total. The number of carbonyl (C=O) groups excluding carboxylic acids is 1. The van der Waals surface area contributed by atoms with E-state index in [0.29, 0.717) is 5.92 Å². The van der Waals surface area contributed by atoms with Crippen LogP contribution < -0.4 is 5.32 Å². The minimum Gasteiger partial charge on any atom is -0.481 e. The lowest BCUT2D eigenvalue weighted by molar-refractivity contribution is -0.144. The van der Waals surface area contributed by atoms with Crippen molar-refractivity contribution in [3.63, 3.8) is 0 Å². The summed E-state index contributed by atoms with van der Waals surface area (Å²) in [6.45, 7) is 0. The van der Waals surface area contributed by atoms with Crippen molar-refractivity contribution in [2.24, 2.45) is 17.8 Å². The van der Waals surface area contributed by atoms with Crippen LogP contribution in [0.3, 0.4) is 0 Å². The average Bonchev–Trinajstić information content (AvgIpc) is 2.91. The van der Waals surface area contributed by atoms with Crippen molar-refractivity contribution < 1.29 is 14.7 Å². The van der Waals surface area contributed by atoms with E-state index in [1.54, 1.807) is 0 Å². The zero-order valence-electron chi connectivity index (χ0n) is 11.6. The second-order valence-corrected chi connectivity index (χ2v) is 6.52. The monoisotopic (exact) mass is 290 g/mol. The Bertz CT molecular complexity index is 595. The molecule has 0 saturated heterocycles. The second-order valence-electron chi connectivity index (χ2n) is 6.52. The molecule has 1 heterocycles. The molecule has 7 heteroatoms. The smallest absolute Gasteiger partial charge is 0.308 e. The van der Waals surface area contributed by atoms with Gasteiger partial charge in [-0.3, -0.25) is 14.7 Å². The highest BCUT2D eigenvalue weighted by Crippen LogP contribution is 2.48. The van der Waals surface area contributed by atoms with Crippen LogP contribution in [0.2, 0.25) is 0 Å². The molecule has 3 N–H and O–H groups in total. The van der Waals surface area contributed by atoms with Crippen molar-refractivity contribution in [2.75, 3.05) is 0 Å². The Morgan fingerprint density at radius 1 is 1.19 bits per heavy atom. The maximum Gasteiger partial charge on any atom is 0.308 e. The molecule has 2 bridgehead atoms. The van der Waals surface area contributed by atoms with Gasteiger partial charge in [-0.25, -0.2) is 4.98 Å². The van der Waals surface area contributed by atoms with Gasteiger partial charge in [0.2, 0.25) is 5.82 Å². The fourth-order valence-corrected chi connectivity index (χ4v) is 3.99. The van der Waals surface area contributed by atoms with Crippen LogP contribution in [0.25, 0.3) is 0 Å². The molecule has 1 aromatic heterocycles. The summed E-state index contributed by atoms with van der Waals surface area (Å²) in [7, 11) is 0. The highest BCUT2D eigenvalue weighted by Gasteiger charge is 2.51. The Labute approximate surface area is 121 Å². The van der Waals surface area contributed by atoms with Crippen molar-refractivity contribution in [3.8, 4) is 0 Å². The third-order valence-corrected chi connectivity index (χ3v) is 5.17. The third-order valence-electron chi connectivity index (χ3n) is 5.17. The zero-order valence-corrected chi connectivity index (χ0v) is 11.6. The number of aliphatic carboxylic acids is 1. The molecule has 3 fully saturated rings. The number of nitrogens with zero attached hydrogens (tertiary/aromatic N) is 2. The lowest BCUT2D eigenvalue weighted by atomic mass is 9.84. The summed E-state index contributed by atoms with van der Waals surface area (Å²) in [5, 5.41) is 19.0. The van der Waals surface area contributed by atoms with E-state index in [-0.39, 0.29) is 29.6 Å². The summed E-state index contributed by atoms with van der Waals surface area (Å²) in [4.78, 5) is 27.9. The molecule has 1 aromatic rings. The Morgan fingerprint density at radius 2 is 1.95 bits per heavy atom. The van der Waals surface area contributed by atoms with Crippen LogP contribution in [0.1, 0.15) is 54.5 Å². The van der Waals surface area contributed by atoms with Crippen LogP contribution >= 0.6 is 0 Å². The standard InChI is InChI=1S/C14H18N4O3/c19-13(12-16-11(17-18-12)6-1-2-6)15-10-8-4-3-7(5-8)9(10)14(20)21/h6-10H,1-5H2,(H,15,19)(H,20,21)(H,16,17,18). The van der Waals surface area contributed by atoms with E-state index in [1.165, 1.54) is 0 Å². The number of nitrogens with one attached hydrogen (secondary N) is 2. The van der Waals surface area contributed by atoms with Crippen LogP contribution in [0.15, 0.2) is 0 Å². The van der Waals surface area contributed by atoms with Gasteiger partial charge in [0.25, 0.3) is 5.91 Å². The molecule has 1 amide bonds. The van der Waals surface area contributed by atoms with Crippen LogP contribution in [0, 0.1) is 17.8 Å². The maximum absolute atomic E-state index is 12.3. The van der Waals surface area contributed by atoms with Gasteiger partial charge in [-0.15, -0.1) is 5.10 Å². The number of amides is 1. The molecule has 4 unspecified atom stereocenters. The molecule has 0 aliphatic heterocycles.